The van der Waals surface area contributed by atoms with E-state index in [1.54, 1.807) is 45.0 Å². The summed E-state index contributed by atoms with van der Waals surface area (Å²) in [6.07, 6.45) is -0.827. The van der Waals surface area contributed by atoms with E-state index in [0.29, 0.717) is 12.2 Å². The molecule has 0 spiro atoms. The average Bonchev–Trinajstić information content (AvgIpc) is 2.61. The highest BCUT2D eigenvalue weighted by molar-refractivity contribution is 6.02. The number of rotatable bonds is 9. The lowest BCUT2D eigenvalue weighted by molar-refractivity contribution is -0.122. The first-order valence-corrected chi connectivity index (χ1v) is 8.66. The van der Waals surface area contributed by atoms with Crippen molar-refractivity contribution in [1.29, 1.82) is 0 Å². The lowest BCUT2D eigenvalue weighted by Crippen LogP contribution is -2.43. The van der Waals surface area contributed by atoms with E-state index in [0.717, 1.165) is 0 Å². The van der Waals surface area contributed by atoms with Crippen LogP contribution in [0.3, 0.4) is 0 Å². The molecule has 0 aliphatic rings. The van der Waals surface area contributed by atoms with E-state index in [1.165, 1.54) is 4.90 Å². The van der Waals surface area contributed by atoms with E-state index in [1.807, 2.05) is 0 Å². The van der Waals surface area contributed by atoms with E-state index < -0.39 is 23.9 Å². The Morgan fingerprint density at radius 1 is 0.926 bits per heavy atom. The van der Waals surface area contributed by atoms with Crippen LogP contribution in [0, 0.1) is 0 Å². The third kappa shape index (κ3) is 7.87. The van der Waals surface area contributed by atoms with Gasteiger partial charge in [-0.1, -0.05) is 19.1 Å². The molecule has 27 heavy (non-hydrogen) atoms. The van der Waals surface area contributed by atoms with Crippen molar-refractivity contribution in [2.75, 3.05) is 38.2 Å². The van der Waals surface area contributed by atoms with Crippen molar-refractivity contribution in [3.8, 4) is 0 Å². The van der Waals surface area contributed by atoms with Crippen molar-refractivity contribution in [1.82, 2.24) is 10.2 Å². The quantitative estimate of drug-likeness (QED) is 0.623. The highest BCUT2D eigenvalue weighted by atomic mass is 16.5. The van der Waals surface area contributed by atoms with Crippen LogP contribution in [0.2, 0.25) is 0 Å². The van der Waals surface area contributed by atoms with Gasteiger partial charge in [0.1, 0.15) is 0 Å². The SMILES string of the molecule is CCOC(=O)NC(=O)CN(CC)CC(=O)Nc1ccccc1C(=O)OCC. The molecular weight excluding hydrogens is 354 g/mol. The van der Waals surface area contributed by atoms with Crippen molar-refractivity contribution in [2.45, 2.75) is 20.8 Å². The Labute approximate surface area is 158 Å². The largest absolute Gasteiger partial charge is 0.462 e. The maximum atomic E-state index is 12.3. The minimum atomic E-state index is -0.827. The second-order valence-electron chi connectivity index (χ2n) is 5.39. The lowest BCUT2D eigenvalue weighted by atomic mass is 10.2. The number of nitrogens with one attached hydrogen (secondary N) is 2. The molecule has 1 aromatic carbocycles. The molecule has 0 bridgehead atoms. The first-order valence-electron chi connectivity index (χ1n) is 8.66. The van der Waals surface area contributed by atoms with E-state index in [-0.39, 0.29) is 31.9 Å². The van der Waals surface area contributed by atoms with Crippen molar-refractivity contribution >= 4 is 29.6 Å². The molecule has 0 atom stereocenters. The molecule has 0 fully saturated rings. The number of likely N-dealkylation sites (N-methyl/N-ethyl adjacent to an activating group) is 1. The van der Waals surface area contributed by atoms with Gasteiger partial charge in [-0.2, -0.15) is 0 Å². The van der Waals surface area contributed by atoms with Crippen LogP contribution >= 0.6 is 0 Å². The summed E-state index contributed by atoms with van der Waals surface area (Å²) in [6.45, 7) is 5.63. The molecule has 0 aliphatic heterocycles. The van der Waals surface area contributed by atoms with Gasteiger partial charge < -0.3 is 14.8 Å². The summed E-state index contributed by atoms with van der Waals surface area (Å²) < 4.78 is 9.60. The number of ether oxygens (including phenoxy) is 2. The summed E-state index contributed by atoms with van der Waals surface area (Å²) in [5.74, 6) is -1.51. The Morgan fingerprint density at radius 2 is 1.56 bits per heavy atom. The fraction of sp³-hybridized carbons (Fsp3) is 0.444. The molecule has 148 valence electrons. The predicted octanol–water partition coefficient (Wildman–Crippen LogP) is 1.40. The van der Waals surface area contributed by atoms with Crippen LogP contribution in [0.1, 0.15) is 31.1 Å². The zero-order chi connectivity index (χ0) is 20.2. The maximum absolute atomic E-state index is 12.3. The molecule has 0 heterocycles. The van der Waals surface area contributed by atoms with E-state index >= 15 is 0 Å². The number of esters is 1. The summed E-state index contributed by atoms with van der Waals surface area (Å²) in [7, 11) is 0. The van der Waals surface area contributed by atoms with Crippen LogP contribution in [-0.4, -0.2) is 61.6 Å². The van der Waals surface area contributed by atoms with Gasteiger partial charge in [-0.15, -0.1) is 0 Å². The van der Waals surface area contributed by atoms with Gasteiger partial charge in [0.25, 0.3) is 0 Å². The van der Waals surface area contributed by atoms with E-state index in [4.69, 9.17) is 4.74 Å². The number of anilines is 1. The normalized spacial score (nSPS) is 10.2. The minimum absolute atomic E-state index is 0.0933. The smallest absolute Gasteiger partial charge is 0.413 e. The Hall–Kier alpha value is -2.94. The summed E-state index contributed by atoms with van der Waals surface area (Å²) in [4.78, 5) is 48.8. The number of amides is 3. The fourth-order valence-electron chi connectivity index (χ4n) is 2.17. The van der Waals surface area contributed by atoms with Crippen LogP contribution < -0.4 is 10.6 Å². The number of carbonyl (C=O) groups excluding carboxylic acids is 4. The second-order valence-corrected chi connectivity index (χ2v) is 5.39. The van der Waals surface area contributed by atoms with Gasteiger partial charge >= 0.3 is 12.1 Å². The van der Waals surface area contributed by atoms with E-state index in [9.17, 15) is 19.2 Å². The van der Waals surface area contributed by atoms with Crippen LogP contribution in [0.4, 0.5) is 10.5 Å². The third-order valence-corrected chi connectivity index (χ3v) is 3.40. The van der Waals surface area contributed by atoms with Gasteiger partial charge in [0, 0.05) is 0 Å². The number of hydrogen-bond acceptors (Lipinski definition) is 7. The minimum Gasteiger partial charge on any atom is -0.462 e. The number of para-hydroxylation sites is 1. The number of hydrogen-bond donors (Lipinski definition) is 2. The molecule has 0 aromatic heterocycles. The van der Waals surface area contributed by atoms with Crippen LogP contribution in [0.5, 0.6) is 0 Å². The summed E-state index contributed by atoms with van der Waals surface area (Å²) in [5.41, 5.74) is 0.573. The van der Waals surface area contributed by atoms with Gasteiger partial charge in [-0.05, 0) is 32.5 Å². The molecular formula is C18H25N3O6. The lowest BCUT2D eigenvalue weighted by Gasteiger charge is -2.19. The first-order chi connectivity index (χ1) is 12.9. The van der Waals surface area contributed by atoms with Gasteiger partial charge in [-0.3, -0.25) is 19.8 Å². The van der Waals surface area contributed by atoms with Crippen molar-refractivity contribution in [2.24, 2.45) is 0 Å². The monoisotopic (exact) mass is 379 g/mol. The summed E-state index contributed by atoms with van der Waals surface area (Å²) in [6, 6.07) is 6.49. The highest BCUT2D eigenvalue weighted by Gasteiger charge is 2.18. The van der Waals surface area contributed by atoms with E-state index in [2.05, 4.69) is 15.4 Å². The van der Waals surface area contributed by atoms with Crippen LogP contribution in [0.25, 0.3) is 0 Å². The molecule has 2 N–H and O–H groups in total. The van der Waals surface area contributed by atoms with Crippen LogP contribution in [-0.2, 0) is 19.1 Å². The summed E-state index contributed by atoms with van der Waals surface area (Å²) >= 11 is 0. The molecule has 0 saturated heterocycles. The average molecular weight is 379 g/mol. The summed E-state index contributed by atoms with van der Waals surface area (Å²) in [5, 5.41) is 4.72. The highest BCUT2D eigenvalue weighted by Crippen LogP contribution is 2.16. The second kappa shape index (κ2) is 11.6. The molecule has 0 unspecified atom stereocenters. The molecule has 1 aromatic rings. The Morgan fingerprint density at radius 3 is 2.19 bits per heavy atom. The number of carbonyl (C=O) groups is 4. The molecule has 1 rings (SSSR count). The Bertz CT molecular complexity index is 677. The van der Waals surface area contributed by atoms with Crippen LogP contribution in [0.15, 0.2) is 24.3 Å². The van der Waals surface area contributed by atoms with Gasteiger partial charge in [-0.25, -0.2) is 9.59 Å². The number of alkyl carbamates (subject to hydrolysis) is 1. The third-order valence-electron chi connectivity index (χ3n) is 3.40. The predicted molar refractivity (Wildman–Crippen MR) is 98.3 cm³/mol. The van der Waals surface area contributed by atoms with Crippen molar-refractivity contribution < 1.29 is 28.7 Å². The first kappa shape index (κ1) is 22.1. The Balaban J connectivity index is 2.66. The number of nitrogens with zero attached hydrogens (tertiary/aromatic N) is 1. The van der Waals surface area contributed by atoms with Gasteiger partial charge in [0.05, 0.1) is 37.6 Å². The zero-order valence-electron chi connectivity index (χ0n) is 15.7. The standard InChI is InChI=1S/C18H25N3O6/c1-4-21(12-16(23)20-18(25)27-6-3)11-15(22)19-14-10-8-7-9-13(14)17(24)26-5-2/h7-10H,4-6,11-12H2,1-3H3,(H,19,22)(H,20,23,25). The number of benzene rings is 1. The molecule has 9 heteroatoms. The fourth-order valence-corrected chi connectivity index (χ4v) is 2.17. The molecule has 3 amide bonds. The molecule has 9 nitrogen and oxygen atoms in total. The van der Waals surface area contributed by atoms with Gasteiger partial charge in [0.2, 0.25) is 11.8 Å². The molecule has 0 radical (unpaired) electrons. The van der Waals surface area contributed by atoms with Crippen molar-refractivity contribution in [3.63, 3.8) is 0 Å². The van der Waals surface area contributed by atoms with Gasteiger partial charge in [0.15, 0.2) is 0 Å². The van der Waals surface area contributed by atoms with Crippen molar-refractivity contribution in [3.05, 3.63) is 29.8 Å². The maximum Gasteiger partial charge on any atom is 0.413 e. The number of imide groups is 1. The molecule has 0 saturated carbocycles. The topological polar surface area (TPSA) is 114 Å². The Kier molecular flexibility index (Phi) is 9.52. The zero-order valence-corrected chi connectivity index (χ0v) is 15.7. The molecule has 0 aliphatic carbocycles.